The van der Waals surface area contributed by atoms with Gasteiger partial charge < -0.3 is 4.98 Å². The standard InChI is InChI=1S/C9H8Cl2N2.ClH/c10-4-3-9-12-7-2-1-6(11)5-8(7)13-9;/h1-2,5H,3-4H2,(H,12,13);1H. The molecular formula is C9H9Cl3N2. The predicted molar refractivity (Wildman–Crippen MR) is 62.8 cm³/mol. The molecule has 1 aromatic heterocycles. The van der Waals surface area contributed by atoms with Crippen LogP contribution in [0.25, 0.3) is 11.0 Å². The summed E-state index contributed by atoms with van der Waals surface area (Å²) in [5, 5.41) is 0.716. The Morgan fingerprint density at radius 1 is 1.36 bits per heavy atom. The Bertz CT molecular complexity index is 425. The molecule has 2 rings (SSSR count). The first-order valence-electron chi connectivity index (χ1n) is 4.00. The molecule has 1 N–H and O–H groups in total. The number of aromatic amines is 1. The first-order valence-corrected chi connectivity index (χ1v) is 4.91. The van der Waals surface area contributed by atoms with Crippen molar-refractivity contribution in [1.82, 2.24) is 9.97 Å². The molecule has 2 nitrogen and oxygen atoms in total. The third-order valence-corrected chi connectivity index (χ3v) is 2.25. The Labute approximate surface area is 98.0 Å². The summed E-state index contributed by atoms with van der Waals surface area (Å²) in [6, 6.07) is 5.59. The first kappa shape index (κ1) is 11.6. The molecule has 0 aliphatic rings. The van der Waals surface area contributed by atoms with Gasteiger partial charge in [0.2, 0.25) is 0 Å². The zero-order valence-electron chi connectivity index (χ0n) is 7.26. The molecule has 0 amide bonds. The van der Waals surface area contributed by atoms with Gasteiger partial charge in [-0.1, -0.05) is 11.6 Å². The highest BCUT2D eigenvalue weighted by molar-refractivity contribution is 6.31. The van der Waals surface area contributed by atoms with Crippen LogP contribution < -0.4 is 0 Å². The Kier molecular flexibility index (Phi) is 4.05. The van der Waals surface area contributed by atoms with Crippen molar-refractivity contribution in [1.29, 1.82) is 0 Å². The van der Waals surface area contributed by atoms with Crippen LogP contribution >= 0.6 is 35.6 Å². The molecule has 1 aromatic carbocycles. The summed E-state index contributed by atoms with van der Waals surface area (Å²) >= 11 is 11.4. The van der Waals surface area contributed by atoms with Gasteiger partial charge in [0.05, 0.1) is 11.0 Å². The van der Waals surface area contributed by atoms with Gasteiger partial charge in [-0.05, 0) is 18.2 Å². The Balaban J connectivity index is 0.000000980. The monoisotopic (exact) mass is 250 g/mol. The third-order valence-electron chi connectivity index (χ3n) is 1.82. The van der Waals surface area contributed by atoms with Crippen LogP contribution in [0.5, 0.6) is 0 Å². The Morgan fingerprint density at radius 3 is 2.86 bits per heavy atom. The highest BCUT2D eigenvalue weighted by Crippen LogP contribution is 2.17. The van der Waals surface area contributed by atoms with E-state index in [0.717, 1.165) is 23.3 Å². The minimum Gasteiger partial charge on any atom is -0.342 e. The zero-order chi connectivity index (χ0) is 9.26. The zero-order valence-corrected chi connectivity index (χ0v) is 9.59. The predicted octanol–water partition coefficient (Wildman–Crippen LogP) is 3.42. The summed E-state index contributed by atoms with van der Waals surface area (Å²) in [4.78, 5) is 7.50. The molecule has 5 heteroatoms. The summed E-state index contributed by atoms with van der Waals surface area (Å²) < 4.78 is 0. The van der Waals surface area contributed by atoms with Gasteiger partial charge in [0, 0.05) is 17.3 Å². The molecule has 76 valence electrons. The number of aryl methyl sites for hydroxylation is 1. The smallest absolute Gasteiger partial charge is 0.108 e. The Morgan fingerprint density at radius 2 is 2.14 bits per heavy atom. The van der Waals surface area contributed by atoms with E-state index in [1.54, 1.807) is 0 Å². The molecule has 2 aromatic rings. The summed E-state index contributed by atoms with van der Waals surface area (Å²) in [5.41, 5.74) is 1.90. The van der Waals surface area contributed by atoms with Crippen molar-refractivity contribution in [3.8, 4) is 0 Å². The maximum atomic E-state index is 5.83. The fourth-order valence-electron chi connectivity index (χ4n) is 1.24. The van der Waals surface area contributed by atoms with Gasteiger partial charge in [0.15, 0.2) is 0 Å². The van der Waals surface area contributed by atoms with Crippen LogP contribution in [0.4, 0.5) is 0 Å². The molecule has 0 atom stereocenters. The van der Waals surface area contributed by atoms with Crippen LogP contribution in [0, 0.1) is 0 Å². The van der Waals surface area contributed by atoms with Crippen molar-refractivity contribution in [2.75, 3.05) is 5.88 Å². The molecule has 0 aliphatic carbocycles. The van der Waals surface area contributed by atoms with E-state index in [1.807, 2.05) is 18.2 Å². The van der Waals surface area contributed by atoms with E-state index >= 15 is 0 Å². The molecule has 0 aliphatic heterocycles. The lowest BCUT2D eigenvalue weighted by Crippen LogP contribution is -1.87. The number of H-pyrrole nitrogens is 1. The number of nitrogens with zero attached hydrogens (tertiary/aromatic N) is 1. The number of alkyl halides is 1. The van der Waals surface area contributed by atoms with E-state index in [2.05, 4.69) is 9.97 Å². The minimum atomic E-state index is 0. The lowest BCUT2D eigenvalue weighted by atomic mass is 10.3. The van der Waals surface area contributed by atoms with Gasteiger partial charge >= 0.3 is 0 Å². The molecule has 0 saturated carbocycles. The Hall–Kier alpha value is -0.440. The van der Waals surface area contributed by atoms with Crippen LogP contribution in [-0.4, -0.2) is 15.8 Å². The van der Waals surface area contributed by atoms with Crippen LogP contribution in [0.1, 0.15) is 5.82 Å². The van der Waals surface area contributed by atoms with E-state index in [1.165, 1.54) is 0 Å². The molecule has 0 radical (unpaired) electrons. The van der Waals surface area contributed by atoms with Gasteiger partial charge in [-0.25, -0.2) is 4.98 Å². The number of nitrogens with one attached hydrogen (secondary N) is 1. The van der Waals surface area contributed by atoms with E-state index < -0.39 is 0 Å². The SMILES string of the molecule is Cl.ClCCc1nc2ccc(Cl)cc2[nH]1. The van der Waals surface area contributed by atoms with E-state index in [4.69, 9.17) is 23.2 Å². The second-order valence-electron chi connectivity index (χ2n) is 2.78. The molecule has 0 unspecified atom stereocenters. The van der Waals surface area contributed by atoms with Crippen molar-refractivity contribution >= 4 is 46.6 Å². The average molecular weight is 252 g/mol. The number of aromatic nitrogens is 2. The summed E-state index contributed by atoms with van der Waals surface area (Å²) in [5.74, 6) is 1.49. The summed E-state index contributed by atoms with van der Waals surface area (Å²) in [7, 11) is 0. The van der Waals surface area contributed by atoms with Gasteiger partial charge in [0.25, 0.3) is 0 Å². The second-order valence-corrected chi connectivity index (χ2v) is 3.60. The highest BCUT2D eigenvalue weighted by atomic mass is 35.5. The van der Waals surface area contributed by atoms with Gasteiger partial charge in [-0.15, -0.1) is 24.0 Å². The van der Waals surface area contributed by atoms with Crippen molar-refractivity contribution in [2.24, 2.45) is 0 Å². The minimum absolute atomic E-state index is 0. The molecule has 1 heterocycles. The third kappa shape index (κ3) is 2.32. The van der Waals surface area contributed by atoms with Gasteiger partial charge in [-0.3, -0.25) is 0 Å². The first-order chi connectivity index (χ1) is 6.29. The maximum absolute atomic E-state index is 5.83. The van der Waals surface area contributed by atoms with Crippen LogP contribution in [0.3, 0.4) is 0 Å². The normalized spacial score (nSPS) is 10.1. The maximum Gasteiger partial charge on any atom is 0.108 e. The molecular weight excluding hydrogens is 242 g/mol. The van der Waals surface area contributed by atoms with Crippen LogP contribution in [0.15, 0.2) is 18.2 Å². The lowest BCUT2D eigenvalue weighted by molar-refractivity contribution is 1.01. The number of halogens is 3. The van der Waals surface area contributed by atoms with Crippen molar-refractivity contribution < 1.29 is 0 Å². The van der Waals surface area contributed by atoms with Crippen molar-refractivity contribution in [3.05, 3.63) is 29.0 Å². The van der Waals surface area contributed by atoms with E-state index in [-0.39, 0.29) is 12.4 Å². The van der Waals surface area contributed by atoms with Crippen molar-refractivity contribution in [2.45, 2.75) is 6.42 Å². The molecule has 0 saturated heterocycles. The molecule has 0 bridgehead atoms. The number of hydrogen-bond donors (Lipinski definition) is 1. The quantitative estimate of drug-likeness (QED) is 0.814. The van der Waals surface area contributed by atoms with Gasteiger partial charge in [-0.2, -0.15) is 0 Å². The van der Waals surface area contributed by atoms with Crippen LogP contribution in [-0.2, 0) is 6.42 Å². The number of hydrogen-bond acceptors (Lipinski definition) is 1. The fourth-order valence-corrected chi connectivity index (χ4v) is 1.59. The summed E-state index contributed by atoms with van der Waals surface area (Å²) in [6.07, 6.45) is 0.758. The molecule has 0 fully saturated rings. The van der Waals surface area contributed by atoms with Crippen molar-refractivity contribution in [3.63, 3.8) is 0 Å². The average Bonchev–Trinajstić information content (AvgIpc) is 2.46. The molecule has 0 spiro atoms. The van der Waals surface area contributed by atoms with Gasteiger partial charge in [0.1, 0.15) is 5.82 Å². The molecule has 14 heavy (non-hydrogen) atoms. The number of imidazole rings is 1. The highest BCUT2D eigenvalue weighted by Gasteiger charge is 2.01. The van der Waals surface area contributed by atoms with E-state index in [0.29, 0.717) is 10.9 Å². The largest absolute Gasteiger partial charge is 0.342 e. The van der Waals surface area contributed by atoms with E-state index in [9.17, 15) is 0 Å². The fraction of sp³-hybridized carbons (Fsp3) is 0.222. The number of rotatable bonds is 2. The second kappa shape index (κ2) is 4.87. The topological polar surface area (TPSA) is 28.7 Å². The number of fused-ring (bicyclic) bond motifs is 1. The van der Waals surface area contributed by atoms with Crippen LogP contribution in [0.2, 0.25) is 5.02 Å². The lowest BCUT2D eigenvalue weighted by Gasteiger charge is -1.87. The summed E-state index contributed by atoms with van der Waals surface area (Å²) in [6.45, 7) is 0. The number of benzene rings is 1.